The first-order valence-electron chi connectivity index (χ1n) is 6.92. The van der Waals surface area contributed by atoms with Crippen molar-refractivity contribution in [3.8, 4) is 5.75 Å². The van der Waals surface area contributed by atoms with Crippen LogP contribution in [0.15, 0.2) is 36.4 Å². The topological polar surface area (TPSA) is 29.5 Å². The van der Waals surface area contributed by atoms with Crippen molar-refractivity contribution in [2.24, 2.45) is 5.92 Å². The standard InChI is InChI=1S/C16H20O2/c17-16(12-5-2-1-3-6-12)13-7-4-8-15(11-13)18-14-9-10-14/h1-2,4,7-8,11-12,14,16-17H,3,5-6,9-10H2. The number of ether oxygens (including phenoxy) is 1. The van der Waals surface area contributed by atoms with Crippen LogP contribution in [0.4, 0.5) is 0 Å². The lowest BCUT2D eigenvalue weighted by molar-refractivity contribution is 0.102. The van der Waals surface area contributed by atoms with Gasteiger partial charge in [-0.3, -0.25) is 0 Å². The second-order valence-electron chi connectivity index (χ2n) is 5.38. The maximum atomic E-state index is 10.4. The highest BCUT2D eigenvalue weighted by atomic mass is 16.5. The van der Waals surface area contributed by atoms with E-state index in [9.17, 15) is 5.11 Å². The van der Waals surface area contributed by atoms with Gasteiger partial charge in [0.25, 0.3) is 0 Å². The van der Waals surface area contributed by atoms with Crippen LogP contribution in [0, 0.1) is 5.92 Å². The molecule has 2 atom stereocenters. The number of aliphatic hydroxyl groups excluding tert-OH is 1. The fraction of sp³-hybridized carbons (Fsp3) is 0.500. The van der Waals surface area contributed by atoms with Crippen molar-refractivity contribution in [1.29, 1.82) is 0 Å². The first-order chi connectivity index (χ1) is 8.83. The van der Waals surface area contributed by atoms with Crippen LogP contribution in [0.3, 0.4) is 0 Å². The summed E-state index contributed by atoms with van der Waals surface area (Å²) in [5.74, 6) is 1.26. The Hall–Kier alpha value is -1.28. The smallest absolute Gasteiger partial charge is 0.120 e. The van der Waals surface area contributed by atoms with Gasteiger partial charge < -0.3 is 9.84 Å². The molecule has 1 aromatic rings. The molecule has 0 amide bonds. The van der Waals surface area contributed by atoms with E-state index in [0.717, 1.165) is 30.6 Å². The molecule has 0 spiro atoms. The highest BCUT2D eigenvalue weighted by Crippen LogP contribution is 2.34. The van der Waals surface area contributed by atoms with E-state index in [1.807, 2.05) is 24.3 Å². The lowest BCUT2D eigenvalue weighted by atomic mass is 9.86. The summed E-state index contributed by atoms with van der Waals surface area (Å²) >= 11 is 0. The number of rotatable bonds is 4. The molecule has 0 aliphatic heterocycles. The van der Waals surface area contributed by atoms with Crippen LogP contribution in [0.1, 0.15) is 43.8 Å². The number of hydrogen-bond acceptors (Lipinski definition) is 2. The zero-order valence-electron chi connectivity index (χ0n) is 10.6. The normalized spacial score (nSPS) is 24.8. The SMILES string of the molecule is OC(c1cccc(OC2CC2)c1)C1CC=CCC1. The Bertz CT molecular complexity index is 434. The monoisotopic (exact) mass is 244 g/mol. The van der Waals surface area contributed by atoms with E-state index >= 15 is 0 Å². The predicted molar refractivity (Wildman–Crippen MR) is 71.5 cm³/mol. The number of benzene rings is 1. The minimum absolute atomic E-state index is 0.353. The van der Waals surface area contributed by atoms with Crippen LogP contribution in [-0.4, -0.2) is 11.2 Å². The summed E-state index contributed by atoms with van der Waals surface area (Å²) in [5, 5.41) is 10.4. The Balaban J connectivity index is 1.71. The molecule has 1 aromatic carbocycles. The van der Waals surface area contributed by atoms with Crippen LogP contribution < -0.4 is 4.74 Å². The summed E-state index contributed by atoms with van der Waals surface area (Å²) in [6.45, 7) is 0. The van der Waals surface area contributed by atoms with Crippen LogP contribution in [0.2, 0.25) is 0 Å². The molecule has 2 aliphatic rings. The molecule has 2 nitrogen and oxygen atoms in total. The second kappa shape index (κ2) is 5.15. The molecule has 0 saturated heterocycles. The van der Waals surface area contributed by atoms with Crippen molar-refractivity contribution in [2.45, 2.75) is 44.3 Å². The van der Waals surface area contributed by atoms with Crippen molar-refractivity contribution >= 4 is 0 Å². The van der Waals surface area contributed by atoms with Crippen LogP contribution in [0.5, 0.6) is 5.75 Å². The van der Waals surface area contributed by atoms with E-state index in [1.165, 1.54) is 12.8 Å². The van der Waals surface area contributed by atoms with E-state index in [4.69, 9.17) is 4.74 Å². The van der Waals surface area contributed by atoms with Gasteiger partial charge in [-0.25, -0.2) is 0 Å². The Kier molecular flexibility index (Phi) is 3.37. The quantitative estimate of drug-likeness (QED) is 0.820. The Morgan fingerprint density at radius 2 is 2.06 bits per heavy atom. The van der Waals surface area contributed by atoms with Gasteiger partial charge in [-0.15, -0.1) is 0 Å². The number of hydrogen-bond donors (Lipinski definition) is 1. The largest absolute Gasteiger partial charge is 0.490 e. The average molecular weight is 244 g/mol. The minimum Gasteiger partial charge on any atom is -0.490 e. The molecule has 2 heteroatoms. The molecule has 0 aromatic heterocycles. The fourth-order valence-electron chi connectivity index (χ4n) is 2.53. The van der Waals surface area contributed by atoms with E-state index in [-0.39, 0.29) is 6.10 Å². The summed E-state index contributed by atoms with van der Waals surface area (Å²) in [6, 6.07) is 7.97. The van der Waals surface area contributed by atoms with Crippen LogP contribution >= 0.6 is 0 Å². The maximum absolute atomic E-state index is 10.4. The lowest BCUT2D eigenvalue weighted by Crippen LogP contribution is -2.14. The molecule has 1 N–H and O–H groups in total. The van der Waals surface area contributed by atoms with Crippen molar-refractivity contribution in [2.75, 3.05) is 0 Å². The molecule has 96 valence electrons. The molecule has 2 aliphatic carbocycles. The molecule has 2 unspecified atom stereocenters. The fourth-order valence-corrected chi connectivity index (χ4v) is 2.53. The summed E-state index contributed by atoms with van der Waals surface area (Å²) < 4.78 is 5.78. The van der Waals surface area contributed by atoms with Crippen molar-refractivity contribution in [3.05, 3.63) is 42.0 Å². The third-order valence-corrected chi connectivity index (χ3v) is 3.78. The van der Waals surface area contributed by atoms with Gasteiger partial charge in [0.15, 0.2) is 0 Å². The van der Waals surface area contributed by atoms with Crippen molar-refractivity contribution < 1.29 is 9.84 Å². The molecule has 18 heavy (non-hydrogen) atoms. The number of aliphatic hydroxyl groups is 1. The van der Waals surface area contributed by atoms with Gasteiger partial charge >= 0.3 is 0 Å². The van der Waals surface area contributed by atoms with Gasteiger partial charge in [0.1, 0.15) is 5.75 Å². The van der Waals surface area contributed by atoms with E-state index < -0.39 is 0 Å². The zero-order valence-corrected chi connectivity index (χ0v) is 10.6. The summed E-state index contributed by atoms with van der Waals surface area (Å²) in [4.78, 5) is 0. The maximum Gasteiger partial charge on any atom is 0.120 e. The molecule has 3 rings (SSSR count). The van der Waals surface area contributed by atoms with Crippen LogP contribution in [0.25, 0.3) is 0 Å². The molecule has 0 radical (unpaired) electrons. The van der Waals surface area contributed by atoms with Gasteiger partial charge in [-0.1, -0.05) is 24.3 Å². The van der Waals surface area contributed by atoms with Gasteiger partial charge in [0.2, 0.25) is 0 Å². The second-order valence-corrected chi connectivity index (χ2v) is 5.38. The molecule has 1 saturated carbocycles. The van der Waals surface area contributed by atoms with Gasteiger partial charge in [-0.2, -0.15) is 0 Å². The first kappa shape index (κ1) is 11.8. The van der Waals surface area contributed by atoms with Crippen molar-refractivity contribution in [3.63, 3.8) is 0 Å². The minimum atomic E-state index is -0.363. The molecule has 1 fully saturated rings. The molecular weight excluding hydrogens is 224 g/mol. The number of allylic oxidation sites excluding steroid dienone is 2. The van der Waals surface area contributed by atoms with Crippen LogP contribution in [-0.2, 0) is 0 Å². The van der Waals surface area contributed by atoms with Gasteiger partial charge in [0, 0.05) is 0 Å². The predicted octanol–water partition coefficient (Wildman–Crippen LogP) is 3.62. The Labute approximate surface area is 108 Å². The first-order valence-corrected chi connectivity index (χ1v) is 6.92. The van der Waals surface area contributed by atoms with Crippen molar-refractivity contribution in [1.82, 2.24) is 0 Å². The molecular formula is C16H20O2. The lowest BCUT2D eigenvalue weighted by Gasteiger charge is -2.24. The van der Waals surface area contributed by atoms with E-state index in [0.29, 0.717) is 12.0 Å². The Morgan fingerprint density at radius 3 is 2.78 bits per heavy atom. The molecule has 0 heterocycles. The third-order valence-electron chi connectivity index (χ3n) is 3.78. The highest BCUT2D eigenvalue weighted by molar-refractivity contribution is 5.31. The Morgan fingerprint density at radius 1 is 1.17 bits per heavy atom. The van der Waals surface area contributed by atoms with Gasteiger partial charge in [0.05, 0.1) is 12.2 Å². The summed E-state index contributed by atoms with van der Waals surface area (Å²) in [7, 11) is 0. The average Bonchev–Trinajstić information content (AvgIpc) is 3.23. The molecule has 0 bridgehead atoms. The van der Waals surface area contributed by atoms with Gasteiger partial charge in [-0.05, 0) is 55.7 Å². The highest BCUT2D eigenvalue weighted by Gasteiger charge is 2.25. The summed E-state index contributed by atoms with van der Waals surface area (Å²) in [5.41, 5.74) is 0.994. The third kappa shape index (κ3) is 2.75. The van der Waals surface area contributed by atoms with E-state index in [1.54, 1.807) is 0 Å². The summed E-state index contributed by atoms with van der Waals surface area (Å²) in [6.07, 6.45) is 9.91. The zero-order chi connectivity index (χ0) is 12.4. The van der Waals surface area contributed by atoms with E-state index in [2.05, 4.69) is 12.2 Å².